The molecule has 0 bridgehead atoms. The minimum absolute atomic E-state index is 0.0299. The average Bonchev–Trinajstić information content (AvgIpc) is 2.11. The highest BCUT2D eigenvalue weighted by Gasteiger charge is 2.22. The Morgan fingerprint density at radius 2 is 2.33 bits per heavy atom. The van der Waals surface area contributed by atoms with E-state index in [1.807, 2.05) is 6.92 Å². The molecule has 0 saturated carbocycles. The lowest BCUT2D eigenvalue weighted by Gasteiger charge is -2.26. The topological polar surface area (TPSA) is 81.2 Å². The van der Waals surface area contributed by atoms with E-state index in [-0.39, 0.29) is 11.9 Å². The smallest absolute Gasteiger partial charge is 0.225 e. The van der Waals surface area contributed by atoms with E-state index in [0.29, 0.717) is 24.7 Å². The molecule has 3 N–H and O–H groups in total. The first-order valence-electron chi connectivity index (χ1n) is 4.73. The van der Waals surface area contributed by atoms with Gasteiger partial charge >= 0.3 is 0 Å². The lowest BCUT2D eigenvalue weighted by Crippen LogP contribution is -2.39. The number of aryl methyl sites for hydroxylation is 1. The number of rotatable bonds is 3. The minimum Gasteiger partial charge on any atom is -0.469 e. The molecule has 2 heterocycles. The van der Waals surface area contributed by atoms with Crippen LogP contribution in [0.4, 0.5) is 0 Å². The number of pyridine rings is 1. The lowest BCUT2D eigenvalue weighted by atomic mass is 10.2. The van der Waals surface area contributed by atoms with Gasteiger partial charge in [-0.2, -0.15) is 0 Å². The molecule has 15 heavy (non-hydrogen) atoms. The van der Waals surface area contributed by atoms with Crippen molar-refractivity contribution < 1.29 is 9.47 Å². The summed E-state index contributed by atoms with van der Waals surface area (Å²) in [5, 5.41) is 7.39. The van der Waals surface area contributed by atoms with Gasteiger partial charge in [0, 0.05) is 5.69 Å². The van der Waals surface area contributed by atoms with Gasteiger partial charge in [-0.25, -0.2) is 4.98 Å². The van der Waals surface area contributed by atoms with Crippen LogP contribution in [-0.4, -0.2) is 30.1 Å². The molecular formula is C10H13N3O2. The highest BCUT2D eigenvalue weighted by Crippen LogP contribution is 2.19. The molecule has 5 heteroatoms. The molecule has 80 valence electrons. The SMILES string of the molecule is Cc1ccc(C(=N)N)c(OC2COC2)n1. The highest BCUT2D eigenvalue weighted by molar-refractivity contribution is 5.97. The summed E-state index contributed by atoms with van der Waals surface area (Å²) in [5.74, 6) is 0.397. The molecule has 1 fully saturated rings. The summed E-state index contributed by atoms with van der Waals surface area (Å²) < 4.78 is 10.6. The van der Waals surface area contributed by atoms with Crippen LogP contribution >= 0.6 is 0 Å². The van der Waals surface area contributed by atoms with E-state index in [1.165, 1.54) is 0 Å². The van der Waals surface area contributed by atoms with Gasteiger partial charge < -0.3 is 15.2 Å². The fraction of sp³-hybridized carbons (Fsp3) is 0.400. The second-order valence-electron chi connectivity index (χ2n) is 3.50. The van der Waals surface area contributed by atoms with E-state index in [9.17, 15) is 0 Å². The Morgan fingerprint density at radius 1 is 1.60 bits per heavy atom. The monoisotopic (exact) mass is 207 g/mol. The van der Waals surface area contributed by atoms with Crippen molar-refractivity contribution in [2.75, 3.05) is 13.2 Å². The van der Waals surface area contributed by atoms with Gasteiger partial charge in [-0.15, -0.1) is 0 Å². The van der Waals surface area contributed by atoms with Crippen LogP contribution in [0.25, 0.3) is 0 Å². The van der Waals surface area contributed by atoms with Gasteiger partial charge in [-0.05, 0) is 19.1 Å². The van der Waals surface area contributed by atoms with E-state index >= 15 is 0 Å². The van der Waals surface area contributed by atoms with Gasteiger partial charge in [-0.3, -0.25) is 5.41 Å². The van der Waals surface area contributed by atoms with Crippen LogP contribution in [0.3, 0.4) is 0 Å². The molecule has 1 aromatic heterocycles. The fourth-order valence-electron chi connectivity index (χ4n) is 1.27. The van der Waals surface area contributed by atoms with Crippen LogP contribution in [0, 0.1) is 12.3 Å². The second kappa shape index (κ2) is 3.86. The first-order valence-corrected chi connectivity index (χ1v) is 4.73. The van der Waals surface area contributed by atoms with Gasteiger partial charge in [0.2, 0.25) is 5.88 Å². The van der Waals surface area contributed by atoms with Crippen molar-refractivity contribution in [1.29, 1.82) is 5.41 Å². The Morgan fingerprint density at radius 3 is 2.87 bits per heavy atom. The molecule has 1 saturated heterocycles. The average molecular weight is 207 g/mol. The number of amidine groups is 1. The maximum absolute atomic E-state index is 7.39. The van der Waals surface area contributed by atoms with Crippen molar-refractivity contribution in [1.82, 2.24) is 4.98 Å². The predicted octanol–water partition coefficient (Wildman–Crippen LogP) is 0.452. The van der Waals surface area contributed by atoms with E-state index in [4.69, 9.17) is 20.6 Å². The third kappa shape index (κ3) is 2.07. The van der Waals surface area contributed by atoms with Gasteiger partial charge in [0.25, 0.3) is 0 Å². The number of hydrogen-bond donors (Lipinski definition) is 2. The van der Waals surface area contributed by atoms with Crippen LogP contribution < -0.4 is 10.5 Å². The van der Waals surface area contributed by atoms with Gasteiger partial charge in [0.1, 0.15) is 11.9 Å². The molecule has 1 aliphatic heterocycles. The molecule has 0 amide bonds. The number of hydrogen-bond acceptors (Lipinski definition) is 4. The Labute approximate surface area is 87.7 Å². The first-order chi connectivity index (χ1) is 7.16. The van der Waals surface area contributed by atoms with Gasteiger partial charge in [0.15, 0.2) is 0 Å². The third-order valence-electron chi connectivity index (χ3n) is 2.18. The quantitative estimate of drug-likeness (QED) is 0.557. The largest absolute Gasteiger partial charge is 0.469 e. The normalized spacial score (nSPS) is 15.8. The molecule has 0 aliphatic carbocycles. The number of nitrogens with zero attached hydrogens (tertiary/aromatic N) is 1. The fourth-order valence-corrected chi connectivity index (χ4v) is 1.27. The number of aromatic nitrogens is 1. The van der Waals surface area contributed by atoms with Crippen LogP contribution in [-0.2, 0) is 4.74 Å². The summed E-state index contributed by atoms with van der Waals surface area (Å²) in [7, 11) is 0. The Bertz CT molecular complexity index is 388. The molecule has 0 radical (unpaired) electrons. The predicted molar refractivity (Wildman–Crippen MR) is 55.2 cm³/mol. The maximum atomic E-state index is 7.39. The summed E-state index contributed by atoms with van der Waals surface area (Å²) in [6, 6.07) is 3.56. The zero-order valence-corrected chi connectivity index (χ0v) is 8.49. The zero-order valence-electron chi connectivity index (χ0n) is 8.49. The van der Waals surface area contributed by atoms with Crippen molar-refractivity contribution in [3.8, 4) is 5.88 Å². The van der Waals surface area contributed by atoms with Crippen molar-refractivity contribution >= 4 is 5.84 Å². The van der Waals surface area contributed by atoms with E-state index in [2.05, 4.69) is 4.98 Å². The Hall–Kier alpha value is -1.62. The maximum Gasteiger partial charge on any atom is 0.225 e. The van der Waals surface area contributed by atoms with E-state index < -0.39 is 0 Å². The van der Waals surface area contributed by atoms with E-state index in [0.717, 1.165) is 5.69 Å². The minimum atomic E-state index is -0.0299. The van der Waals surface area contributed by atoms with Crippen molar-refractivity contribution in [3.05, 3.63) is 23.4 Å². The second-order valence-corrected chi connectivity index (χ2v) is 3.50. The molecule has 0 unspecified atom stereocenters. The molecular weight excluding hydrogens is 194 g/mol. The molecule has 0 spiro atoms. The summed E-state index contributed by atoms with van der Waals surface area (Å²) >= 11 is 0. The summed E-state index contributed by atoms with van der Waals surface area (Å²) in [4.78, 5) is 4.22. The molecule has 0 aromatic carbocycles. The molecule has 0 atom stereocenters. The van der Waals surface area contributed by atoms with Crippen molar-refractivity contribution in [2.45, 2.75) is 13.0 Å². The molecule has 1 aromatic rings. The number of nitrogen functional groups attached to an aromatic ring is 1. The lowest BCUT2D eigenvalue weighted by molar-refractivity contribution is -0.0814. The Balaban J connectivity index is 2.24. The number of nitrogens with one attached hydrogen (secondary N) is 1. The third-order valence-corrected chi connectivity index (χ3v) is 2.18. The summed E-state index contributed by atoms with van der Waals surface area (Å²) in [6.45, 7) is 3.02. The Kier molecular flexibility index (Phi) is 2.55. The van der Waals surface area contributed by atoms with Gasteiger partial charge in [0.05, 0.1) is 18.8 Å². The number of ether oxygens (including phenoxy) is 2. The van der Waals surface area contributed by atoms with Crippen molar-refractivity contribution in [3.63, 3.8) is 0 Å². The van der Waals surface area contributed by atoms with Crippen LogP contribution in [0.5, 0.6) is 5.88 Å². The zero-order chi connectivity index (χ0) is 10.8. The van der Waals surface area contributed by atoms with E-state index in [1.54, 1.807) is 12.1 Å². The van der Waals surface area contributed by atoms with Crippen LogP contribution in [0.15, 0.2) is 12.1 Å². The molecule has 5 nitrogen and oxygen atoms in total. The van der Waals surface area contributed by atoms with Gasteiger partial charge in [-0.1, -0.05) is 0 Å². The summed E-state index contributed by atoms with van der Waals surface area (Å²) in [5.41, 5.74) is 6.81. The van der Waals surface area contributed by atoms with Crippen molar-refractivity contribution in [2.24, 2.45) is 5.73 Å². The summed E-state index contributed by atoms with van der Waals surface area (Å²) in [6.07, 6.45) is 0.0393. The molecule has 2 rings (SSSR count). The van der Waals surface area contributed by atoms with Crippen LogP contribution in [0.2, 0.25) is 0 Å². The number of nitrogens with two attached hydrogens (primary N) is 1. The highest BCUT2D eigenvalue weighted by atomic mass is 16.6. The first kappa shape index (κ1) is 9.92. The van der Waals surface area contributed by atoms with Crippen LogP contribution in [0.1, 0.15) is 11.3 Å². The standard InChI is InChI=1S/C10H13N3O2/c1-6-2-3-8(9(11)12)10(13-6)15-7-4-14-5-7/h2-3,7H,4-5H2,1H3,(H3,11,12). The molecule has 1 aliphatic rings.